The molecule has 0 fully saturated rings. The topological polar surface area (TPSA) is 51.6 Å². The Balaban J connectivity index is 1.77. The van der Waals surface area contributed by atoms with Crippen molar-refractivity contribution in [2.24, 2.45) is 0 Å². The Hall–Kier alpha value is -2.71. The van der Waals surface area contributed by atoms with Gasteiger partial charge in [-0.25, -0.2) is 4.39 Å². The van der Waals surface area contributed by atoms with Gasteiger partial charge in [-0.2, -0.15) is 5.26 Å². The molecule has 0 aliphatic heterocycles. The van der Waals surface area contributed by atoms with E-state index in [1.165, 1.54) is 18.0 Å². The van der Waals surface area contributed by atoms with E-state index in [9.17, 15) is 4.39 Å². The molecule has 1 aromatic heterocycles. The Labute approximate surface area is 138 Å². The molecule has 0 aliphatic carbocycles. The van der Waals surface area contributed by atoms with Gasteiger partial charge in [0.15, 0.2) is 0 Å². The normalized spacial score (nSPS) is 10.3. The molecule has 0 saturated heterocycles. The summed E-state index contributed by atoms with van der Waals surface area (Å²) in [6, 6.07) is 16.4. The maximum Gasteiger partial charge on any atom is 0.148 e. The Kier molecular flexibility index (Phi) is 4.35. The molecule has 1 heterocycles. The molecule has 0 aliphatic rings. The Morgan fingerprint density at radius 2 is 1.96 bits per heavy atom. The Morgan fingerprint density at radius 3 is 2.65 bits per heavy atom. The molecule has 0 radical (unpaired) electrons. The number of nitriles is 1. The van der Waals surface area contributed by atoms with Crippen LogP contribution in [0, 0.1) is 24.1 Å². The smallest absolute Gasteiger partial charge is 0.148 e. The van der Waals surface area contributed by atoms with Gasteiger partial charge in [-0.15, -0.1) is 0 Å². The summed E-state index contributed by atoms with van der Waals surface area (Å²) in [6.07, 6.45) is 1.90. The first-order valence-electron chi connectivity index (χ1n) is 7.05. The molecular weight excluding hydrogens is 309 g/mol. The number of halogens is 1. The predicted octanol–water partition coefficient (Wildman–Crippen LogP) is 5.12. The molecule has 0 unspecified atom stereocenters. The monoisotopic (exact) mass is 323 g/mol. The van der Waals surface area contributed by atoms with Gasteiger partial charge < -0.3 is 9.71 Å². The SMILES string of the molecule is Cc1c(SNc2ccc(C#N)cc2F)c[nH]c1-c1ccccc1. The highest BCUT2D eigenvalue weighted by atomic mass is 32.2. The van der Waals surface area contributed by atoms with Crippen molar-refractivity contribution < 1.29 is 4.39 Å². The first kappa shape index (κ1) is 15.2. The van der Waals surface area contributed by atoms with E-state index < -0.39 is 5.82 Å². The summed E-state index contributed by atoms with van der Waals surface area (Å²) in [4.78, 5) is 4.25. The van der Waals surface area contributed by atoms with Gasteiger partial charge in [0, 0.05) is 16.8 Å². The van der Waals surface area contributed by atoms with Gasteiger partial charge in [0.2, 0.25) is 0 Å². The molecule has 0 atom stereocenters. The van der Waals surface area contributed by atoms with E-state index in [0.717, 1.165) is 21.7 Å². The van der Waals surface area contributed by atoms with Crippen molar-refractivity contribution in [1.82, 2.24) is 4.98 Å². The van der Waals surface area contributed by atoms with Crippen molar-refractivity contribution in [2.75, 3.05) is 4.72 Å². The van der Waals surface area contributed by atoms with Crippen LogP contribution in [0.1, 0.15) is 11.1 Å². The van der Waals surface area contributed by atoms with Gasteiger partial charge >= 0.3 is 0 Å². The van der Waals surface area contributed by atoms with Gasteiger partial charge in [-0.05, 0) is 48.2 Å². The van der Waals surface area contributed by atoms with Crippen molar-refractivity contribution in [1.29, 1.82) is 5.26 Å². The predicted molar refractivity (Wildman–Crippen MR) is 91.6 cm³/mol. The second-order valence-corrected chi connectivity index (χ2v) is 5.88. The quantitative estimate of drug-likeness (QED) is 0.655. The van der Waals surface area contributed by atoms with Gasteiger partial charge in [-0.1, -0.05) is 30.3 Å². The number of benzene rings is 2. The van der Waals surface area contributed by atoms with E-state index in [0.29, 0.717) is 11.3 Å². The highest BCUT2D eigenvalue weighted by Gasteiger charge is 2.10. The van der Waals surface area contributed by atoms with Crippen LogP contribution in [0.3, 0.4) is 0 Å². The molecule has 3 rings (SSSR count). The molecule has 5 heteroatoms. The lowest BCUT2D eigenvalue weighted by molar-refractivity contribution is 0.632. The number of aromatic nitrogens is 1. The lowest BCUT2D eigenvalue weighted by Crippen LogP contribution is -1.92. The minimum absolute atomic E-state index is 0.308. The van der Waals surface area contributed by atoms with Crippen LogP contribution in [0.4, 0.5) is 10.1 Å². The number of hydrogen-bond acceptors (Lipinski definition) is 3. The molecule has 2 N–H and O–H groups in total. The summed E-state index contributed by atoms with van der Waals surface area (Å²) >= 11 is 1.34. The van der Waals surface area contributed by atoms with Crippen molar-refractivity contribution >= 4 is 17.6 Å². The van der Waals surface area contributed by atoms with E-state index in [2.05, 4.69) is 9.71 Å². The molecule has 0 bridgehead atoms. The van der Waals surface area contributed by atoms with Gasteiger partial charge in [0.25, 0.3) is 0 Å². The summed E-state index contributed by atoms with van der Waals surface area (Å²) in [5.41, 5.74) is 3.93. The third-order valence-electron chi connectivity index (χ3n) is 3.52. The van der Waals surface area contributed by atoms with Crippen molar-refractivity contribution in [3.8, 4) is 17.3 Å². The fourth-order valence-corrected chi connectivity index (χ4v) is 3.02. The van der Waals surface area contributed by atoms with Crippen molar-refractivity contribution in [3.63, 3.8) is 0 Å². The summed E-state index contributed by atoms with van der Waals surface area (Å²) in [5, 5.41) is 8.76. The maximum absolute atomic E-state index is 13.9. The van der Waals surface area contributed by atoms with Crippen LogP contribution in [-0.4, -0.2) is 4.98 Å². The van der Waals surface area contributed by atoms with E-state index >= 15 is 0 Å². The van der Waals surface area contributed by atoms with E-state index in [4.69, 9.17) is 5.26 Å². The van der Waals surface area contributed by atoms with Crippen LogP contribution in [-0.2, 0) is 0 Å². The minimum atomic E-state index is -0.437. The third kappa shape index (κ3) is 3.22. The summed E-state index contributed by atoms with van der Waals surface area (Å²) in [7, 11) is 0. The summed E-state index contributed by atoms with van der Waals surface area (Å²) < 4.78 is 16.9. The molecule has 3 aromatic rings. The first-order valence-corrected chi connectivity index (χ1v) is 7.86. The summed E-state index contributed by atoms with van der Waals surface area (Å²) in [6.45, 7) is 2.03. The minimum Gasteiger partial charge on any atom is -0.360 e. The fraction of sp³-hybridized carbons (Fsp3) is 0.0556. The number of nitrogens with one attached hydrogen (secondary N) is 2. The highest BCUT2D eigenvalue weighted by molar-refractivity contribution is 8.00. The van der Waals surface area contributed by atoms with E-state index in [-0.39, 0.29) is 0 Å². The van der Waals surface area contributed by atoms with Gasteiger partial charge in [0.1, 0.15) is 5.82 Å². The average Bonchev–Trinajstić information content (AvgIpc) is 2.95. The zero-order chi connectivity index (χ0) is 16.2. The van der Waals surface area contributed by atoms with Crippen molar-refractivity contribution in [3.05, 3.63) is 71.7 Å². The molecule has 3 nitrogen and oxygen atoms in total. The average molecular weight is 323 g/mol. The van der Waals surface area contributed by atoms with Gasteiger partial charge in [-0.3, -0.25) is 0 Å². The standard InChI is InChI=1S/C18H14FN3S/c1-12-17(11-21-18(12)14-5-3-2-4-6-14)23-22-16-8-7-13(10-20)9-15(16)19/h2-9,11,21-22H,1H3. The second-order valence-electron chi connectivity index (χ2n) is 5.03. The molecule has 0 spiro atoms. The van der Waals surface area contributed by atoms with Crippen LogP contribution in [0.2, 0.25) is 0 Å². The summed E-state index contributed by atoms with van der Waals surface area (Å²) in [5.74, 6) is -0.437. The number of H-pyrrole nitrogens is 1. The van der Waals surface area contributed by atoms with Crippen LogP contribution >= 0.6 is 11.9 Å². The van der Waals surface area contributed by atoms with Crippen LogP contribution < -0.4 is 4.72 Å². The fourth-order valence-electron chi connectivity index (χ4n) is 2.27. The second kappa shape index (κ2) is 6.59. The molecule has 114 valence electrons. The number of anilines is 1. The largest absolute Gasteiger partial charge is 0.360 e. The lowest BCUT2D eigenvalue weighted by atomic mass is 10.1. The lowest BCUT2D eigenvalue weighted by Gasteiger charge is -2.07. The zero-order valence-electron chi connectivity index (χ0n) is 12.4. The maximum atomic E-state index is 13.9. The number of nitrogens with zero attached hydrogens (tertiary/aromatic N) is 1. The molecule has 0 saturated carbocycles. The Morgan fingerprint density at radius 1 is 1.17 bits per heavy atom. The van der Waals surface area contributed by atoms with E-state index in [1.807, 2.05) is 49.5 Å². The molecule has 0 amide bonds. The highest BCUT2D eigenvalue weighted by Crippen LogP contribution is 2.32. The zero-order valence-corrected chi connectivity index (χ0v) is 13.2. The van der Waals surface area contributed by atoms with E-state index in [1.54, 1.807) is 12.1 Å². The van der Waals surface area contributed by atoms with Crippen molar-refractivity contribution in [2.45, 2.75) is 11.8 Å². The van der Waals surface area contributed by atoms with Crippen LogP contribution in [0.5, 0.6) is 0 Å². The van der Waals surface area contributed by atoms with Crippen LogP contribution in [0.15, 0.2) is 59.6 Å². The Bertz CT molecular complexity index is 866. The molecular formula is C18H14FN3S. The number of hydrogen-bond donors (Lipinski definition) is 2. The third-order valence-corrected chi connectivity index (χ3v) is 4.49. The number of aromatic amines is 1. The first-order chi connectivity index (χ1) is 11.2. The van der Waals surface area contributed by atoms with Gasteiger partial charge in [0.05, 0.1) is 17.3 Å². The molecule has 2 aromatic carbocycles. The van der Waals surface area contributed by atoms with Crippen LogP contribution in [0.25, 0.3) is 11.3 Å². The number of rotatable bonds is 4. The molecule has 23 heavy (non-hydrogen) atoms.